The number of hydrogen-bond donors (Lipinski definition) is 2. The Labute approximate surface area is 206 Å². The molecule has 1 aliphatic rings. The van der Waals surface area contributed by atoms with Crippen LogP contribution in [0.5, 0.6) is 5.75 Å². The van der Waals surface area contributed by atoms with Crippen LogP contribution in [0.15, 0.2) is 77.7 Å². The lowest BCUT2D eigenvalue weighted by Gasteiger charge is -2.34. The van der Waals surface area contributed by atoms with Crippen molar-refractivity contribution < 1.29 is 23.1 Å². The van der Waals surface area contributed by atoms with Crippen molar-refractivity contribution in [3.05, 3.63) is 89.5 Å². The van der Waals surface area contributed by atoms with E-state index >= 15 is 0 Å². The van der Waals surface area contributed by atoms with E-state index in [-0.39, 0.29) is 16.7 Å². The molecular formula is C27H30N2O5S. The average molecular weight is 495 g/mol. The number of ether oxygens (including phenoxy) is 1. The summed E-state index contributed by atoms with van der Waals surface area (Å²) in [6, 6.07) is 20.7. The molecule has 0 radical (unpaired) electrons. The molecule has 1 fully saturated rings. The molecule has 35 heavy (non-hydrogen) atoms. The standard InChI is InChI=1S/C27H30N2O5S/c1-19-8-13-24(35(32,33)28-22-9-11-23(34-2)12-10-22)18-25(19)27(31)29-16-14-21(15-17-29)26(30)20-6-4-3-5-7-20/h3-13,18,21,26,28,30H,14-17H2,1-2H3/t26-/m1/s1. The van der Waals surface area contributed by atoms with Crippen LogP contribution in [-0.4, -0.2) is 44.5 Å². The van der Waals surface area contributed by atoms with Gasteiger partial charge in [0.05, 0.1) is 18.1 Å². The van der Waals surface area contributed by atoms with Gasteiger partial charge in [-0.25, -0.2) is 8.42 Å². The number of likely N-dealkylation sites (tertiary alicyclic amines) is 1. The van der Waals surface area contributed by atoms with E-state index < -0.39 is 16.1 Å². The Kier molecular flexibility index (Phi) is 7.42. The fourth-order valence-electron chi connectivity index (χ4n) is 4.38. The van der Waals surface area contributed by atoms with E-state index in [2.05, 4.69) is 4.72 Å². The van der Waals surface area contributed by atoms with Crippen molar-refractivity contribution in [3.8, 4) is 5.75 Å². The monoisotopic (exact) mass is 494 g/mol. The Bertz CT molecular complexity index is 1270. The van der Waals surface area contributed by atoms with Crippen LogP contribution in [0.1, 0.15) is 40.4 Å². The van der Waals surface area contributed by atoms with Gasteiger partial charge in [-0.05, 0) is 73.2 Å². The number of carbonyl (C=O) groups excluding carboxylic acids is 1. The topological polar surface area (TPSA) is 95.9 Å². The fraction of sp³-hybridized carbons (Fsp3) is 0.296. The first kappa shape index (κ1) is 24.8. The summed E-state index contributed by atoms with van der Waals surface area (Å²) in [5.41, 5.74) is 2.36. The molecule has 1 heterocycles. The zero-order chi connectivity index (χ0) is 25.0. The Morgan fingerprint density at radius 3 is 2.31 bits per heavy atom. The number of hydrogen-bond acceptors (Lipinski definition) is 5. The predicted molar refractivity (Wildman–Crippen MR) is 135 cm³/mol. The highest BCUT2D eigenvalue weighted by Gasteiger charge is 2.29. The van der Waals surface area contributed by atoms with Crippen molar-refractivity contribution in [3.63, 3.8) is 0 Å². The smallest absolute Gasteiger partial charge is 0.261 e. The summed E-state index contributed by atoms with van der Waals surface area (Å²) in [7, 11) is -2.34. The van der Waals surface area contributed by atoms with Crippen molar-refractivity contribution in [1.82, 2.24) is 4.90 Å². The lowest BCUT2D eigenvalue weighted by molar-refractivity contribution is 0.0461. The van der Waals surface area contributed by atoms with E-state index in [1.54, 1.807) is 42.2 Å². The van der Waals surface area contributed by atoms with Crippen LogP contribution < -0.4 is 9.46 Å². The van der Waals surface area contributed by atoms with Crippen molar-refractivity contribution in [2.24, 2.45) is 5.92 Å². The van der Waals surface area contributed by atoms with Crippen molar-refractivity contribution >= 4 is 21.6 Å². The van der Waals surface area contributed by atoms with Gasteiger partial charge in [-0.1, -0.05) is 36.4 Å². The van der Waals surface area contributed by atoms with Gasteiger partial charge >= 0.3 is 0 Å². The van der Waals surface area contributed by atoms with Gasteiger partial charge in [0.15, 0.2) is 0 Å². The van der Waals surface area contributed by atoms with Crippen LogP contribution in [0, 0.1) is 12.8 Å². The number of aliphatic hydroxyl groups is 1. The molecule has 1 saturated heterocycles. The van der Waals surface area contributed by atoms with Crippen LogP contribution in [0.2, 0.25) is 0 Å². The van der Waals surface area contributed by atoms with Crippen molar-refractivity contribution in [1.29, 1.82) is 0 Å². The number of rotatable bonds is 7. The number of carbonyl (C=O) groups is 1. The van der Waals surface area contributed by atoms with Gasteiger partial charge in [0, 0.05) is 24.3 Å². The molecule has 184 valence electrons. The predicted octanol–water partition coefficient (Wildman–Crippen LogP) is 4.39. The summed E-state index contributed by atoms with van der Waals surface area (Å²) >= 11 is 0. The van der Waals surface area contributed by atoms with Gasteiger partial charge in [-0.15, -0.1) is 0 Å². The summed E-state index contributed by atoms with van der Waals surface area (Å²) in [4.78, 5) is 15.1. The molecule has 7 nitrogen and oxygen atoms in total. The molecule has 0 bridgehead atoms. The first-order valence-corrected chi connectivity index (χ1v) is 13.1. The van der Waals surface area contributed by atoms with Gasteiger partial charge in [-0.2, -0.15) is 0 Å². The molecule has 0 aromatic heterocycles. The summed E-state index contributed by atoms with van der Waals surface area (Å²) in [6.07, 6.45) is 0.795. The highest BCUT2D eigenvalue weighted by Crippen LogP contribution is 2.31. The highest BCUT2D eigenvalue weighted by atomic mass is 32.2. The van der Waals surface area contributed by atoms with Gasteiger partial charge < -0.3 is 14.7 Å². The molecule has 8 heteroatoms. The number of amides is 1. The number of methoxy groups -OCH3 is 1. The van der Waals surface area contributed by atoms with Crippen LogP contribution >= 0.6 is 0 Å². The molecule has 1 atom stereocenters. The second kappa shape index (κ2) is 10.5. The van der Waals surface area contributed by atoms with Crippen LogP contribution in [0.3, 0.4) is 0 Å². The second-order valence-electron chi connectivity index (χ2n) is 8.80. The highest BCUT2D eigenvalue weighted by molar-refractivity contribution is 7.92. The number of nitrogens with one attached hydrogen (secondary N) is 1. The van der Waals surface area contributed by atoms with Crippen LogP contribution in [-0.2, 0) is 10.0 Å². The molecule has 3 aromatic rings. The Morgan fingerprint density at radius 1 is 1.03 bits per heavy atom. The number of sulfonamides is 1. The molecule has 1 aliphatic heterocycles. The third-order valence-corrected chi connectivity index (χ3v) is 7.89. The lowest BCUT2D eigenvalue weighted by Crippen LogP contribution is -2.40. The van der Waals surface area contributed by atoms with Crippen molar-refractivity contribution in [2.75, 3.05) is 24.9 Å². The minimum Gasteiger partial charge on any atom is -0.497 e. The summed E-state index contributed by atoms with van der Waals surface area (Å²) in [6.45, 7) is 2.81. The van der Waals surface area contributed by atoms with Crippen LogP contribution in [0.4, 0.5) is 5.69 Å². The van der Waals surface area contributed by atoms with Gasteiger partial charge in [-0.3, -0.25) is 9.52 Å². The Morgan fingerprint density at radius 2 is 1.69 bits per heavy atom. The van der Waals surface area contributed by atoms with E-state index in [4.69, 9.17) is 4.74 Å². The van der Waals surface area contributed by atoms with E-state index in [9.17, 15) is 18.3 Å². The largest absolute Gasteiger partial charge is 0.497 e. The van der Waals surface area contributed by atoms with E-state index in [1.807, 2.05) is 30.3 Å². The molecule has 0 spiro atoms. The SMILES string of the molecule is COc1ccc(NS(=O)(=O)c2ccc(C)c(C(=O)N3CCC([C@H](O)c4ccccc4)CC3)c2)cc1. The number of benzene rings is 3. The second-order valence-corrected chi connectivity index (χ2v) is 10.5. The molecule has 0 saturated carbocycles. The molecule has 0 unspecified atom stereocenters. The third-order valence-electron chi connectivity index (χ3n) is 6.51. The van der Waals surface area contributed by atoms with Gasteiger partial charge in [0.2, 0.25) is 0 Å². The summed E-state index contributed by atoms with van der Waals surface area (Å²) < 4.78 is 33.6. The summed E-state index contributed by atoms with van der Waals surface area (Å²) in [5, 5.41) is 10.7. The number of nitrogens with zero attached hydrogens (tertiary/aromatic N) is 1. The minimum absolute atomic E-state index is 0.0247. The maximum absolute atomic E-state index is 13.3. The molecular weight excluding hydrogens is 464 g/mol. The molecule has 1 amide bonds. The summed E-state index contributed by atoms with van der Waals surface area (Å²) in [5.74, 6) is 0.496. The third kappa shape index (κ3) is 5.66. The quantitative estimate of drug-likeness (QED) is 0.508. The van der Waals surface area contributed by atoms with E-state index in [0.717, 1.165) is 5.56 Å². The average Bonchev–Trinajstić information content (AvgIpc) is 2.89. The minimum atomic E-state index is -3.88. The number of anilines is 1. The van der Waals surface area contributed by atoms with E-state index in [1.165, 1.54) is 19.2 Å². The van der Waals surface area contributed by atoms with Crippen LogP contribution in [0.25, 0.3) is 0 Å². The number of aryl methyl sites for hydroxylation is 1. The normalized spacial score (nSPS) is 15.5. The first-order chi connectivity index (χ1) is 16.8. The maximum Gasteiger partial charge on any atom is 0.261 e. The van der Waals surface area contributed by atoms with Gasteiger partial charge in [0.1, 0.15) is 5.75 Å². The fourth-order valence-corrected chi connectivity index (χ4v) is 5.47. The number of aliphatic hydroxyl groups excluding tert-OH is 1. The zero-order valence-electron chi connectivity index (χ0n) is 19.8. The van der Waals surface area contributed by atoms with Gasteiger partial charge in [0.25, 0.3) is 15.9 Å². The first-order valence-electron chi connectivity index (χ1n) is 11.6. The molecule has 0 aliphatic carbocycles. The Hall–Kier alpha value is -3.36. The number of piperidine rings is 1. The maximum atomic E-state index is 13.3. The molecule has 3 aromatic carbocycles. The van der Waals surface area contributed by atoms with E-state index in [0.29, 0.717) is 48.5 Å². The molecule has 4 rings (SSSR count). The lowest BCUT2D eigenvalue weighted by atomic mass is 9.87. The zero-order valence-corrected chi connectivity index (χ0v) is 20.7. The van der Waals surface area contributed by atoms with Crippen molar-refractivity contribution in [2.45, 2.75) is 30.8 Å². The molecule has 2 N–H and O–H groups in total. The Balaban J connectivity index is 1.46.